The SMILES string of the molecule is O=C(Cc1cccc2ccccc12)N[C@H]1CCCc2ccccc21. The first kappa shape index (κ1) is 14.9. The molecule has 3 aromatic carbocycles. The Labute approximate surface area is 142 Å². The Morgan fingerprint density at radius 3 is 2.71 bits per heavy atom. The maximum atomic E-state index is 12.6. The molecule has 0 bridgehead atoms. The van der Waals surface area contributed by atoms with Gasteiger partial charge in [0.1, 0.15) is 0 Å². The van der Waals surface area contributed by atoms with Crippen LogP contribution in [0.25, 0.3) is 10.8 Å². The first-order valence-electron chi connectivity index (χ1n) is 8.65. The molecule has 1 atom stereocenters. The van der Waals surface area contributed by atoms with Crippen LogP contribution in [0.4, 0.5) is 0 Å². The largest absolute Gasteiger partial charge is 0.349 e. The number of benzene rings is 3. The lowest BCUT2D eigenvalue weighted by atomic mass is 9.87. The number of carbonyl (C=O) groups excluding carboxylic acids is 1. The lowest BCUT2D eigenvalue weighted by Crippen LogP contribution is -2.32. The number of aryl methyl sites for hydroxylation is 1. The van der Waals surface area contributed by atoms with Gasteiger partial charge in [-0.25, -0.2) is 0 Å². The Kier molecular flexibility index (Phi) is 4.04. The van der Waals surface area contributed by atoms with Crippen molar-refractivity contribution in [2.24, 2.45) is 0 Å². The molecule has 1 aliphatic carbocycles. The maximum absolute atomic E-state index is 12.6. The maximum Gasteiger partial charge on any atom is 0.224 e. The standard InChI is InChI=1S/C22H21NO/c24-22(15-18-11-5-9-16-7-1-3-12-19(16)18)23-21-14-6-10-17-8-2-4-13-20(17)21/h1-5,7-9,11-13,21H,6,10,14-15H2,(H,23,24)/t21-/m0/s1. The van der Waals surface area contributed by atoms with Gasteiger partial charge in [-0.05, 0) is 46.7 Å². The number of hydrogen-bond acceptors (Lipinski definition) is 1. The van der Waals surface area contributed by atoms with Crippen LogP contribution >= 0.6 is 0 Å². The molecule has 0 heterocycles. The lowest BCUT2D eigenvalue weighted by Gasteiger charge is -2.26. The van der Waals surface area contributed by atoms with Crippen molar-refractivity contribution in [2.45, 2.75) is 31.7 Å². The van der Waals surface area contributed by atoms with Crippen LogP contribution in [0.15, 0.2) is 66.7 Å². The van der Waals surface area contributed by atoms with E-state index in [1.807, 2.05) is 18.2 Å². The quantitative estimate of drug-likeness (QED) is 0.753. The van der Waals surface area contributed by atoms with Crippen molar-refractivity contribution in [3.8, 4) is 0 Å². The van der Waals surface area contributed by atoms with E-state index < -0.39 is 0 Å². The Balaban J connectivity index is 1.53. The zero-order valence-corrected chi connectivity index (χ0v) is 13.7. The van der Waals surface area contributed by atoms with Gasteiger partial charge in [-0.2, -0.15) is 0 Å². The van der Waals surface area contributed by atoms with Gasteiger partial charge in [0.15, 0.2) is 0 Å². The monoisotopic (exact) mass is 315 g/mol. The molecule has 2 heteroatoms. The molecule has 1 aliphatic rings. The van der Waals surface area contributed by atoms with Gasteiger partial charge in [0, 0.05) is 0 Å². The molecule has 0 saturated heterocycles. The molecule has 4 rings (SSSR count). The predicted octanol–water partition coefficient (Wildman–Crippen LogP) is 4.58. The summed E-state index contributed by atoms with van der Waals surface area (Å²) in [6.07, 6.45) is 3.71. The highest BCUT2D eigenvalue weighted by molar-refractivity contribution is 5.90. The van der Waals surface area contributed by atoms with Crippen LogP contribution in [-0.4, -0.2) is 5.91 Å². The third-order valence-corrected chi connectivity index (χ3v) is 4.94. The fourth-order valence-corrected chi connectivity index (χ4v) is 3.77. The second-order valence-electron chi connectivity index (χ2n) is 6.53. The van der Waals surface area contributed by atoms with Gasteiger partial charge in [0.25, 0.3) is 0 Å². The molecule has 0 spiro atoms. The minimum Gasteiger partial charge on any atom is -0.349 e. The summed E-state index contributed by atoms with van der Waals surface area (Å²) in [4.78, 5) is 12.6. The van der Waals surface area contributed by atoms with E-state index >= 15 is 0 Å². The molecule has 0 unspecified atom stereocenters. The number of rotatable bonds is 3. The molecule has 3 aromatic rings. The molecule has 1 N–H and O–H groups in total. The highest BCUT2D eigenvalue weighted by Gasteiger charge is 2.21. The number of hydrogen-bond donors (Lipinski definition) is 1. The summed E-state index contributed by atoms with van der Waals surface area (Å²) < 4.78 is 0. The van der Waals surface area contributed by atoms with Crippen molar-refractivity contribution in [3.63, 3.8) is 0 Å². The van der Waals surface area contributed by atoms with Crippen LogP contribution in [0.3, 0.4) is 0 Å². The third-order valence-electron chi connectivity index (χ3n) is 4.94. The minimum atomic E-state index is 0.105. The molecule has 0 saturated carbocycles. The highest BCUT2D eigenvalue weighted by atomic mass is 16.1. The van der Waals surface area contributed by atoms with E-state index in [1.54, 1.807) is 0 Å². The van der Waals surface area contributed by atoms with Gasteiger partial charge in [-0.3, -0.25) is 4.79 Å². The van der Waals surface area contributed by atoms with E-state index in [1.165, 1.54) is 21.9 Å². The Bertz CT molecular complexity index is 879. The normalized spacial score (nSPS) is 16.6. The first-order chi connectivity index (χ1) is 11.8. The third kappa shape index (κ3) is 2.92. The molecular formula is C22H21NO. The number of carbonyl (C=O) groups is 1. The van der Waals surface area contributed by atoms with Crippen LogP contribution in [0.2, 0.25) is 0 Å². The fraction of sp³-hybridized carbons (Fsp3) is 0.227. The number of nitrogens with one attached hydrogen (secondary N) is 1. The highest BCUT2D eigenvalue weighted by Crippen LogP contribution is 2.29. The fourth-order valence-electron chi connectivity index (χ4n) is 3.77. The Hall–Kier alpha value is -2.61. The van der Waals surface area contributed by atoms with Crippen LogP contribution in [0.1, 0.15) is 35.6 Å². The summed E-state index contributed by atoms with van der Waals surface area (Å²) in [6.45, 7) is 0. The van der Waals surface area contributed by atoms with Crippen molar-refractivity contribution >= 4 is 16.7 Å². The van der Waals surface area contributed by atoms with Gasteiger partial charge in [-0.15, -0.1) is 0 Å². The van der Waals surface area contributed by atoms with E-state index in [4.69, 9.17) is 0 Å². The van der Waals surface area contributed by atoms with Crippen molar-refractivity contribution in [1.29, 1.82) is 0 Å². The Morgan fingerprint density at radius 1 is 0.958 bits per heavy atom. The van der Waals surface area contributed by atoms with Crippen molar-refractivity contribution in [1.82, 2.24) is 5.32 Å². The second-order valence-corrected chi connectivity index (χ2v) is 6.53. The van der Waals surface area contributed by atoms with E-state index in [9.17, 15) is 4.79 Å². The van der Waals surface area contributed by atoms with Crippen LogP contribution in [-0.2, 0) is 17.6 Å². The van der Waals surface area contributed by atoms with Crippen LogP contribution in [0.5, 0.6) is 0 Å². The zero-order chi connectivity index (χ0) is 16.4. The van der Waals surface area contributed by atoms with Crippen LogP contribution < -0.4 is 5.32 Å². The van der Waals surface area contributed by atoms with Crippen molar-refractivity contribution in [3.05, 3.63) is 83.4 Å². The number of amides is 1. The van der Waals surface area contributed by atoms with Gasteiger partial charge >= 0.3 is 0 Å². The second kappa shape index (κ2) is 6.48. The summed E-state index contributed by atoms with van der Waals surface area (Å²) in [6, 6.07) is 23.0. The van der Waals surface area contributed by atoms with Crippen LogP contribution in [0, 0.1) is 0 Å². The van der Waals surface area contributed by atoms with Gasteiger partial charge in [0.2, 0.25) is 5.91 Å². The van der Waals surface area contributed by atoms with Gasteiger partial charge in [-0.1, -0.05) is 66.7 Å². The van der Waals surface area contributed by atoms with Crippen molar-refractivity contribution < 1.29 is 4.79 Å². The summed E-state index contributed by atoms with van der Waals surface area (Å²) >= 11 is 0. The molecule has 2 nitrogen and oxygen atoms in total. The molecule has 0 aromatic heterocycles. The Morgan fingerprint density at radius 2 is 1.75 bits per heavy atom. The number of fused-ring (bicyclic) bond motifs is 2. The molecule has 0 aliphatic heterocycles. The molecule has 24 heavy (non-hydrogen) atoms. The van der Waals surface area contributed by atoms with E-state index in [2.05, 4.69) is 53.8 Å². The van der Waals surface area contributed by atoms with E-state index in [-0.39, 0.29) is 11.9 Å². The van der Waals surface area contributed by atoms with E-state index in [0.29, 0.717) is 6.42 Å². The smallest absolute Gasteiger partial charge is 0.224 e. The average molecular weight is 315 g/mol. The molecule has 0 fully saturated rings. The van der Waals surface area contributed by atoms with Gasteiger partial charge < -0.3 is 5.32 Å². The molecule has 1 amide bonds. The predicted molar refractivity (Wildman–Crippen MR) is 97.9 cm³/mol. The van der Waals surface area contributed by atoms with E-state index in [0.717, 1.165) is 24.8 Å². The minimum absolute atomic E-state index is 0.105. The summed E-state index contributed by atoms with van der Waals surface area (Å²) in [5, 5.41) is 5.60. The molecule has 0 radical (unpaired) electrons. The lowest BCUT2D eigenvalue weighted by molar-refractivity contribution is -0.121. The topological polar surface area (TPSA) is 29.1 Å². The van der Waals surface area contributed by atoms with Gasteiger partial charge in [0.05, 0.1) is 12.5 Å². The van der Waals surface area contributed by atoms with Crippen molar-refractivity contribution in [2.75, 3.05) is 0 Å². The average Bonchev–Trinajstić information content (AvgIpc) is 2.62. The first-order valence-corrected chi connectivity index (χ1v) is 8.65. The molecular weight excluding hydrogens is 294 g/mol. The molecule has 120 valence electrons. The zero-order valence-electron chi connectivity index (χ0n) is 13.7. The summed E-state index contributed by atoms with van der Waals surface area (Å²) in [5.74, 6) is 0.105. The summed E-state index contributed by atoms with van der Waals surface area (Å²) in [7, 11) is 0. The summed E-state index contributed by atoms with van der Waals surface area (Å²) in [5.41, 5.74) is 3.75.